The highest BCUT2D eigenvalue weighted by molar-refractivity contribution is 6.30. The number of hydrogen-bond donors (Lipinski definition) is 2. The Labute approximate surface area is 177 Å². The summed E-state index contributed by atoms with van der Waals surface area (Å²) < 4.78 is 5.78. The maximum Gasteiger partial charge on any atom is 0.262 e. The van der Waals surface area contributed by atoms with Crippen molar-refractivity contribution in [2.24, 2.45) is 0 Å². The number of hydrogen-bond acceptors (Lipinski definition) is 5. The normalized spacial score (nSPS) is 10.9. The summed E-state index contributed by atoms with van der Waals surface area (Å²) in [6.45, 7) is -0.171. The number of carbonyl (C=O) groups is 1. The predicted octanol–water partition coefficient (Wildman–Crippen LogP) is 3.63. The number of benzene rings is 3. The molecule has 1 aromatic heterocycles. The van der Waals surface area contributed by atoms with Crippen molar-refractivity contribution in [3.05, 3.63) is 77.3 Å². The number of anilines is 1. The van der Waals surface area contributed by atoms with Crippen molar-refractivity contribution in [1.29, 1.82) is 0 Å². The monoisotopic (exact) mass is 422 g/mol. The van der Waals surface area contributed by atoms with E-state index in [1.165, 1.54) is 4.80 Å². The zero-order chi connectivity index (χ0) is 20.9. The Morgan fingerprint density at radius 1 is 1.03 bits per heavy atom. The van der Waals surface area contributed by atoms with Crippen LogP contribution in [0.25, 0.3) is 16.7 Å². The Hall–Kier alpha value is -3.42. The summed E-state index contributed by atoms with van der Waals surface area (Å²) in [6, 6.07) is 19.9. The summed E-state index contributed by atoms with van der Waals surface area (Å²) in [6.07, 6.45) is 0.489. The Morgan fingerprint density at radius 2 is 1.80 bits per heavy atom. The molecule has 3 aromatic carbocycles. The number of ether oxygens (including phenoxy) is 1. The van der Waals surface area contributed by atoms with Crippen molar-refractivity contribution in [3.63, 3.8) is 0 Å². The summed E-state index contributed by atoms with van der Waals surface area (Å²) in [5.41, 5.74) is 3.58. The molecule has 0 fully saturated rings. The topological polar surface area (TPSA) is 89.3 Å². The van der Waals surface area contributed by atoms with E-state index < -0.39 is 0 Å². The highest BCUT2D eigenvalue weighted by Crippen LogP contribution is 2.25. The van der Waals surface area contributed by atoms with Crippen LogP contribution in [0.4, 0.5) is 5.69 Å². The number of aliphatic hydroxyl groups excluding tert-OH is 1. The number of aromatic nitrogens is 3. The van der Waals surface area contributed by atoms with Crippen molar-refractivity contribution in [1.82, 2.24) is 15.0 Å². The molecule has 7 nitrogen and oxygen atoms in total. The van der Waals surface area contributed by atoms with Gasteiger partial charge in [0.25, 0.3) is 5.91 Å². The molecular formula is C22H19ClN4O3. The molecule has 0 aliphatic heterocycles. The lowest BCUT2D eigenvalue weighted by Crippen LogP contribution is -2.20. The highest BCUT2D eigenvalue weighted by atomic mass is 35.5. The van der Waals surface area contributed by atoms with Gasteiger partial charge in [-0.25, -0.2) is 0 Å². The molecule has 0 bridgehead atoms. The molecule has 4 aromatic rings. The maximum atomic E-state index is 12.3. The molecule has 4 rings (SSSR count). The Kier molecular flexibility index (Phi) is 5.92. The number of nitrogens with one attached hydrogen (secondary N) is 1. The van der Waals surface area contributed by atoms with Gasteiger partial charge in [-0.3, -0.25) is 4.79 Å². The van der Waals surface area contributed by atoms with Crippen LogP contribution in [0.3, 0.4) is 0 Å². The standard InChI is InChI=1S/C22H19ClN4O3/c23-16-4-3-5-17(13-16)24-22(29)14-30-21-9-8-15(10-11-28)12-20(21)27-25-18-6-1-2-7-19(18)26-27/h1-9,12-13,28H,10-11,14H2,(H,24,29). The van der Waals surface area contributed by atoms with E-state index in [4.69, 9.17) is 16.3 Å². The number of fused-ring (bicyclic) bond motifs is 1. The van der Waals surface area contributed by atoms with Gasteiger partial charge >= 0.3 is 0 Å². The van der Waals surface area contributed by atoms with E-state index in [0.717, 1.165) is 16.6 Å². The van der Waals surface area contributed by atoms with E-state index in [9.17, 15) is 9.90 Å². The van der Waals surface area contributed by atoms with Crippen LogP contribution in [0.1, 0.15) is 5.56 Å². The van der Waals surface area contributed by atoms with Crippen LogP contribution < -0.4 is 10.1 Å². The Morgan fingerprint density at radius 3 is 2.50 bits per heavy atom. The Balaban J connectivity index is 1.57. The molecule has 1 amide bonds. The van der Waals surface area contributed by atoms with Crippen LogP contribution in [0.5, 0.6) is 5.75 Å². The molecule has 1 heterocycles. The van der Waals surface area contributed by atoms with Gasteiger partial charge in [-0.15, -0.1) is 15.0 Å². The predicted molar refractivity (Wildman–Crippen MR) is 115 cm³/mol. The summed E-state index contributed by atoms with van der Waals surface area (Å²) in [5.74, 6) is 0.138. The molecule has 2 N–H and O–H groups in total. The fraction of sp³-hybridized carbons (Fsp3) is 0.136. The number of nitrogens with zero attached hydrogens (tertiary/aromatic N) is 3. The zero-order valence-electron chi connectivity index (χ0n) is 16.0. The molecule has 30 heavy (non-hydrogen) atoms. The number of aliphatic hydroxyl groups is 1. The van der Waals surface area contributed by atoms with Gasteiger partial charge in [-0.2, -0.15) is 0 Å². The van der Waals surface area contributed by atoms with Crippen molar-refractivity contribution in [2.75, 3.05) is 18.5 Å². The van der Waals surface area contributed by atoms with Gasteiger partial charge in [0.2, 0.25) is 0 Å². The fourth-order valence-electron chi connectivity index (χ4n) is 3.00. The average molecular weight is 423 g/mol. The summed E-state index contributed by atoms with van der Waals surface area (Å²) in [4.78, 5) is 13.8. The SMILES string of the molecule is O=C(COc1ccc(CCO)cc1-n1nc2ccccc2n1)Nc1cccc(Cl)c1. The van der Waals surface area contributed by atoms with Crippen LogP contribution in [-0.2, 0) is 11.2 Å². The minimum absolute atomic E-state index is 0.0240. The molecule has 152 valence electrons. The lowest BCUT2D eigenvalue weighted by atomic mass is 10.1. The number of halogens is 1. The summed E-state index contributed by atoms with van der Waals surface area (Å²) in [5, 5.41) is 21.5. The second-order valence-corrected chi connectivity index (χ2v) is 7.04. The molecule has 0 aliphatic rings. The third kappa shape index (κ3) is 4.59. The van der Waals surface area contributed by atoms with Gasteiger partial charge in [0.15, 0.2) is 6.61 Å². The lowest BCUT2D eigenvalue weighted by molar-refractivity contribution is -0.118. The first-order valence-electron chi connectivity index (χ1n) is 9.37. The molecule has 8 heteroatoms. The fourth-order valence-corrected chi connectivity index (χ4v) is 3.19. The van der Waals surface area contributed by atoms with E-state index in [2.05, 4.69) is 15.5 Å². The Bertz CT molecular complexity index is 1160. The number of carbonyl (C=O) groups excluding carboxylic acids is 1. The zero-order valence-corrected chi connectivity index (χ0v) is 16.7. The molecule has 0 saturated heterocycles. The number of amides is 1. The highest BCUT2D eigenvalue weighted by Gasteiger charge is 2.13. The van der Waals surface area contributed by atoms with E-state index in [1.54, 1.807) is 30.3 Å². The largest absolute Gasteiger partial charge is 0.481 e. The second-order valence-electron chi connectivity index (χ2n) is 6.60. The third-order valence-electron chi connectivity index (χ3n) is 4.39. The number of rotatable bonds is 7. The molecule has 0 spiro atoms. The molecular weight excluding hydrogens is 404 g/mol. The van der Waals surface area contributed by atoms with Crippen LogP contribution in [-0.4, -0.2) is 39.2 Å². The van der Waals surface area contributed by atoms with Gasteiger partial charge in [-0.1, -0.05) is 35.9 Å². The van der Waals surface area contributed by atoms with Crippen molar-refractivity contribution < 1.29 is 14.6 Å². The molecule has 0 radical (unpaired) electrons. The summed E-state index contributed by atoms with van der Waals surface area (Å²) in [7, 11) is 0. The summed E-state index contributed by atoms with van der Waals surface area (Å²) >= 11 is 5.95. The van der Waals surface area contributed by atoms with Crippen LogP contribution >= 0.6 is 11.6 Å². The maximum absolute atomic E-state index is 12.3. The van der Waals surface area contributed by atoms with Gasteiger partial charge < -0.3 is 15.2 Å². The van der Waals surface area contributed by atoms with Crippen LogP contribution in [0, 0.1) is 0 Å². The van der Waals surface area contributed by atoms with E-state index in [-0.39, 0.29) is 19.1 Å². The van der Waals surface area contributed by atoms with Crippen molar-refractivity contribution >= 4 is 34.2 Å². The first-order valence-corrected chi connectivity index (χ1v) is 9.74. The van der Waals surface area contributed by atoms with Crippen molar-refractivity contribution in [3.8, 4) is 11.4 Å². The minimum atomic E-state index is -0.318. The quantitative estimate of drug-likeness (QED) is 0.474. The third-order valence-corrected chi connectivity index (χ3v) is 4.63. The second kappa shape index (κ2) is 8.94. The van der Waals surface area contributed by atoms with E-state index in [0.29, 0.717) is 28.6 Å². The van der Waals surface area contributed by atoms with Crippen LogP contribution in [0.15, 0.2) is 66.7 Å². The van der Waals surface area contributed by atoms with Gasteiger partial charge in [0.1, 0.15) is 22.5 Å². The van der Waals surface area contributed by atoms with E-state index >= 15 is 0 Å². The molecule has 0 saturated carbocycles. The van der Waals surface area contributed by atoms with E-state index in [1.807, 2.05) is 36.4 Å². The average Bonchev–Trinajstić information content (AvgIpc) is 3.17. The molecule has 0 atom stereocenters. The van der Waals surface area contributed by atoms with Crippen LogP contribution in [0.2, 0.25) is 5.02 Å². The van der Waals surface area contributed by atoms with Gasteiger partial charge in [0.05, 0.1) is 0 Å². The van der Waals surface area contributed by atoms with Crippen molar-refractivity contribution in [2.45, 2.75) is 6.42 Å². The molecule has 0 unspecified atom stereocenters. The minimum Gasteiger partial charge on any atom is -0.481 e. The first-order chi connectivity index (χ1) is 14.6. The smallest absolute Gasteiger partial charge is 0.262 e. The van der Waals surface area contributed by atoms with Gasteiger partial charge in [0, 0.05) is 17.3 Å². The molecule has 0 aliphatic carbocycles. The lowest BCUT2D eigenvalue weighted by Gasteiger charge is -2.12. The van der Waals surface area contributed by atoms with Gasteiger partial charge in [-0.05, 0) is 54.4 Å². The first kappa shape index (κ1) is 19.9.